The molecule has 0 bridgehead atoms. The number of aromatic nitrogens is 3. The number of hydrogen-bond donors (Lipinski definition) is 2. The zero-order chi connectivity index (χ0) is 14.9. The van der Waals surface area contributed by atoms with Crippen LogP contribution in [-0.4, -0.2) is 22.0 Å². The Bertz CT molecular complexity index is 897. The Labute approximate surface area is 127 Å². The Hall–Kier alpha value is -2.94. The number of hydrogen-bond acceptors (Lipinski definition) is 7. The predicted octanol–water partition coefficient (Wildman–Crippen LogP) is 2.97. The van der Waals surface area contributed by atoms with E-state index in [9.17, 15) is 4.79 Å². The van der Waals surface area contributed by atoms with Crippen molar-refractivity contribution in [3.63, 3.8) is 0 Å². The van der Waals surface area contributed by atoms with Gasteiger partial charge in [0, 0.05) is 17.1 Å². The van der Waals surface area contributed by atoms with Crippen molar-refractivity contribution in [1.82, 2.24) is 15.2 Å². The fourth-order valence-electron chi connectivity index (χ4n) is 2.07. The molecular formula is C13H9N5O3S. The maximum Gasteiger partial charge on any atom is 0.292 e. The largest absolute Gasteiger partial charge is 0.454 e. The molecule has 0 radical (unpaired) electrons. The molecule has 9 heteroatoms. The number of thiazole rings is 1. The van der Waals surface area contributed by atoms with Crippen molar-refractivity contribution in [1.29, 1.82) is 0 Å². The van der Waals surface area contributed by atoms with E-state index in [4.69, 9.17) is 9.47 Å². The normalized spacial score (nSPS) is 13.1. The minimum atomic E-state index is -0.354. The van der Waals surface area contributed by atoms with E-state index in [1.54, 1.807) is 23.7 Å². The van der Waals surface area contributed by atoms with E-state index in [2.05, 4.69) is 25.4 Å². The lowest BCUT2D eigenvalue weighted by Gasteiger charge is -2.01. The Balaban J connectivity index is 1.75. The van der Waals surface area contributed by atoms with Gasteiger partial charge in [0.2, 0.25) is 11.9 Å². The average molecular weight is 315 g/mol. The molecule has 0 fully saturated rings. The first-order valence-corrected chi connectivity index (χ1v) is 7.21. The van der Waals surface area contributed by atoms with Crippen LogP contribution in [0.5, 0.6) is 11.5 Å². The Kier molecular flexibility index (Phi) is 2.97. The minimum Gasteiger partial charge on any atom is -0.454 e. The second-order valence-electron chi connectivity index (χ2n) is 4.39. The first-order valence-electron chi connectivity index (χ1n) is 6.33. The smallest absolute Gasteiger partial charge is 0.292 e. The van der Waals surface area contributed by atoms with Gasteiger partial charge in [-0.3, -0.25) is 15.0 Å². The zero-order valence-electron chi connectivity index (χ0n) is 11.1. The van der Waals surface area contributed by atoms with Gasteiger partial charge in [0.05, 0.1) is 5.69 Å². The quantitative estimate of drug-likeness (QED) is 0.725. The number of azo groups is 1. The van der Waals surface area contributed by atoms with E-state index in [-0.39, 0.29) is 18.0 Å². The van der Waals surface area contributed by atoms with Crippen LogP contribution >= 0.6 is 11.3 Å². The third kappa shape index (κ3) is 2.17. The summed E-state index contributed by atoms with van der Waals surface area (Å²) in [6, 6.07) is 5.38. The van der Waals surface area contributed by atoms with Gasteiger partial charge in [-0.25, -0.2) is 4.98 Å². The SMILES string of the molecule is O=c1[nH][nH]c(-c2ccc3c(c2)OCO3)c1N=Nc1nccs1. The summed E-state index contributed by atoms with van der Waals surface area (Å²) in [4.78, 5) is 15.9. The third-order valence-corrected chi connectivity index (χ3v) is 3.72. The summed E-state index contributed by atoms with van der Waals surface area (Å²) < 4.78 is 10.6. The Morgan fingerprint density at radius 1 is 1.18 bits per heavy atom. The highest BCUT2D eigenvalue weighted by atomic mass is 32.1. The lowest BCUT2D eigenvalue weighted by molar-refractivity contribution is 0.174. The Morgan fingerprint density at radius 2 is 2.09 bits per heavy atom. The van der Waals surface area contributed by atoms with Crippen molar-refractivity contribution in [2.45, 2.75) is 0 Å². The van der Waals surface area contributed by atoms with Crippen molar-refractivity contribution in [2.24, 2.45) is 10.2 Å². The summed E-state index contributed by atoms with van der Waals surface area (Å²) in [7, 11) is 0. The molecule has 22 heavy (non-hydrogen) atoms. The molecule has 4 rings (SSSR count). The number of H-pyrrole nitrogens is 2. The Morgan fingerprint density at radius 3 is 2.95 bits per heavy atom. The highest BCUT2D eigenvalue weighted by Crippen LogP contribution is 2.37. The van der Waals surface area contributed by atoms with Gasteiger partial charge < -0.3 is 9.47 Å². The molecule has 3 aromatic rings. The van der Waals surface area contributed by atoms with E-state index < -0.39 is 0 Å². The monoisotopic (exact) mass is 315 g/mol. The number of ether oxygens (including phenoxy) is 2. The first-order chi connectivity index (χ1) is 10.8. The number of aromatic amines is 2. The number of fused-ring (bicyclic) bond motifs is 1. The van der Waals surface area contributed by atoms with Crippen LogP contribution in [-0.2, 0) is 0 Å². The van der Waals surface area contributed by atoms with Crippen LogP contribution in [0.1, 0.15) is 0 Å². The molecular weight excluding hydrogens is 306 g/mol. The predicted molar refractivity (Wildman–Crippen MR) is 79.3 cm³/mol. The fourth-order valence-corrected chi connectivity index (χ4v) is 2.52. The van der Waals surface area contributed by atoms with Crippen LogP contribution in [0.3, 0.4) is 0 Å². The van der Waals surface area contributed by atoms with Crippen LogP contribution in [0, 0.1) is 0 Å². The molecule has 0 saturated heterocycles. The van der Waals surface area contributed by atoms with Crippen LogP contribution < -0.4 is 15.0 Å². The molecule has 2 N–H and O–H groups in total. The lowest BCUT2D eigenvalue weighted by Crippen LogP contribution is -1.96. The van der Waals surface area contributed by atoms with Gasteiger partial charge in [-0.05, 0) is 18.2 Å². The van der Waals surface area contributed by atoms with E-state index in [1.165, 1.54) is 11.3 Å². The van der Waals surface area contributed by atoms with Gasteiger partial charge in [-0.1, -0.05) is 0 Å². The van der Waals surface area contributed by atoms with Gasteiger partial charge in [0.25, 0.3) is 5.56 Å². The highest BCUT2D eigenvalue weighted by Gasteiger charge is 2.17. The molecule has 0 amide bonds. The first kappa shape index (κ1) is 12.8. The van der Waals surface area contributed by atoms with Crippen molar-refractivity contribution in [2.75, 3.05) is 6.79 Å². The van der Waals surface area contributed by atoms with Gasteiger partial charge >= 0.3 is 0 Å². The summed E-state index contributed by atoms with van der Waals surface area (Å²) in [6.45, 7) is 0.194. The maximum atomic E-state index is 11.9. The van der Waals surface area contributed by atoms with E-state index in [0.717, 1.165) is 5.56 Å². The number of nitrogens with zero attached hydrogens (tertiary/aromatic N) is 3. The summed E-state index contributed by atoms with van der Waals surface area (Å²) in [5, 5.41) is 15.6. The molecule has 0 atom stereocenters. The van der Waals surface area contributed by atoms with Gasteiger partial charge in [-0.15, -0.1) is 21.6 Å². The van der Waals surface area contributed by atoms with Crippen molar-refractivity contribution in [3.05, 3.63) is 40.1 Å². The molecule has 110 valence electrons. The highest BCUT2D eigenvalue weighted by molar-refractivity contribution is 7.13. The molecule has 1 aliphatic rings. The van der Waals surface area contributed by atoms with Crippen LogP contribution in [0.25, 0.3) is 11.3 Å². The molecule has 3 heterocycles. The van der Waals surface area contributed by atoms with E-state index in [0.29, 0.717) is 22.3 Å². The second-order valence-corrected chi connectivity index (χ2v) is 5.26. The van der Waals surface area contributed by atoms with Gasteiger partial charge in [0.1, 0.15) is 0 Å². The standard InChI is InChI=1S/C13H9N5O3S/c19-12-11(16-18-13-14-3-4-22-13)10(15-17-12)7-1-2-8-9(5-7)21-6-20-8/h1-5H,6H2,(H2,15,17,19). The molecule has 0 unspecified atom stereocenters. The van der Waals surface area contributed by atoms with Crippen LogP contribution in [0.2, 0.25) is 0 Å². The van der Waals surface area contributed by atoms with Crippen molar-refractivity contribution in [3.8, 4) is 22.8 Å². The molecule has 2 aromatic heterocycles. The molecule has 0 spiro atoms. The summed E-state index contributed by atoms with van der Waals surface area (Å²) in [5.74, 6) is 1.30. The summed E-state index contributed by atoms with van der Waals surface area (Å²) in [6.07, 6.45) is 1.62. The van der Waals surface area contributed by atoms with Crippen molar-refractivity contribution < 1.29 is 9.47 Å². The molecule has 8 nitrogen and oxygen atoms in total. The van der Waals surface area contributed by atoms with Crippen molar-refractivity contribution >= 4 is 22.2 Å². The summed E-state index contributed by atoms with van der Waals surface area (Å²) in [5.41, 5.74) is 1.11. The topological polar surface area (TPSA) is 105 Å². The number of nitrogens with one attached hydrogen (secondary N) is 2. The van der Waals surface area contributed by atoms with E-state index >= 15 is 0 Å². The third-order valence-electron chi connectivity index (χ3n) is 3.07. The fraction of sp³-hybridized carbons (Fsp3) is 0.0769. The minimum absolute atomic E-state index is 0.189. The molecule has 0 saturated carbocycles. The molecule has 1 aromatic carbocycles. The molecule has 0 aliphatic carbocycles. The van der Waals surface area contributed by atoms with Gasteiger partial charge in [-0.2, -0.15) is 0 Å². The maximum absolute atomic E-state index is 11.9. The van der Waals surface area contributed by atoms with Gasteiger partial charge in [0.15, 0.2) is 17.2 Å². The zero-order valence-corrected chi connectivity index (χ0v) is 11.9. The van der Waals surface area contributed by atoms with E-state index in [1.807, 2.05) is 6.07 Å². The summed E-state index contributed by atoms with van der Waals surface area (Å²) >= 11 is 1.34. The van der Waals surface area contributed by atoms with Crippen LogP contribution in [0.4, 0.5) is 10.8 Å². The average Bonchev–Trinajstić information content (AvgIpc) is 3.25. The molecule has 1 aliphatic heterocycles. The van der Waals surface area contributed by atoms with Crippen LogP contribution in [0.15, 0.2) is 44.8 Å². The second kappa shape index (κ2) is 5.11. The number of rotatable bonds is 3. The lowest BCUT2D eigenvalue weighted by atomic mass is 10.1. The number of benzene rings is 1.